The van der Waals surface area contributed by atoms with Crippen molar-refractivity contribution in [3.05, 3.63) is 81.9 Å². The van der Waals surface area contributed by atoms with Gasteiger partial charge in [0.2, 0.25) is 17.3 Å². The number of hydroxylamine groups is 6. The van der Waals surface area contributed by atoms with Crippen LogP contribution in [-0.4, -0.2) is 62.9 Å². The Bertz CT molecular complexity index is 2250. The molecule has 18 nitrogen and oxygen atoms in total. The Kier molecular flexibility index (Phi) is 11.8. The quantitative estimate of drug-likeness (QED) is 0.0562. The van der Waals surface area contributed by atoms with Gasteiger partial charge in [0.05, 0.1) is 17.1 Å². The lowest BCUT2D eigenvalue weighted by Gasteiger charge is -2.57. The number of carbonyl (C=O) groups is 8. The van der Waals surface area contributed by atoms with E-state index in [1.165, 1.54) is 44.2 Å². The zero-order valence-electron chi connectivity index (χ0n) is 33.0. The van der Waals surface area contributed by atoms with Gasteiger partial charge >= 0.3 is 47.4 Å². The molecule has 0 aromatic heterocycles. The molecule has 4 atom stereocenters. The number of ketones is 2. The maximum Gasteiger partial charge on any atom is 0.375 e. The molecule has 2 aliphatic heterocycles. The van der Waals surface area contributed by atoms with Crippen LogP contribution in [0.4, 0.5) is 0 Å². The van der Waals surface area contributed by atoms with Crippen molar-refractivity contribution in [1.29, 1.82) is 0 Å². The summed E-state index contributed by atoms with van der Waals surface area (Å²) in [7, 11) is 0. The SMILES string of the molecule is CC[C@H](C)C1=C(OC(C)=O)[N@@+]2([O-])Oc3ccc(C4=C(OC(C)=O)C(OC(C)=O)=C(c5ccc(OC(C)=O)cc5)C(=O)C4=O)cc3O[C@]2([C@@H](C)CC)C(=O)N1OC(C)=O. The highest BCUT2D eigenvalue weighted by atomic mass is 17.0. The molecule has 5 rings (SSSR count). The number of allylic oxidation sites excluding steroid dienone is 3. The smallest absolute Gasteiger partial charge is 0.375 e. The van der Waals surface area contributed by atoms with E-state index in [4.69, 9.17) is 33.4 Å². The molecule has 306 valence electrons. The second kappa shape index (κ2) is 16.1. The monoisotopic (exact) mass is 804 g/mol. The first kappa shape index (κ1) is 42.5. The average Bonchev–Trinajstić information content (AvgIpc) is 3.14. The van der Waals surface area contributed by atoms with Gasteiger partial charge in [0.25, 0.3) is 0 Å². The molecule has 0 unspecified atom stereocenters. The number of Topliss-reactive ketones (excluding diaryl/α,β-unsaturated/α-hetero) is 2. The van der Waals surface area contributed by atoms with Crippen LogP contribution in [-0.2, 0) is 57.4 Å². The maximum absolute atomic E-state index is 15.4. The molecule has 2 heterocycles. The number of carbonyl (C=O) groups excluding carboxylic acids is 8. The van der Waals surface area contributed by atoms with E-state index in [-0.39, 0.29) is 46.9 Å². The third kappa shape index (κ3) is 7.34. The van der Waals surface area contributed by atoms with Gasteiger partial charge in [0.1, 0.15) is 5.75 Å². The van der Waals surface area contributed by atoms with Crippen LogP contribution < -0.4 is 14.3 Å². The topological polar surface area (TPSA) is 227 Å². The number of amides is 1. The highest BCUT2D eigenvalue weighted by Crippen LogP contribution is 2.54. The number of esters is 4. The molecule has 18 heteroatoms. The minimum absolute atomic E-state index is 0.0259. The summed E-state index contributed by atoms with van der Waals surface area (Å²) in [4.78, 5) is 114. The van der Waals surface area contributed by atoms with Crippen LogP contribution in [0.3, 0.4) is 0 Å². The van der Waals surface area contributed by atoms with E-state index < -0.39 is 98.2 Å². The molecular formula is C40H40N2O16. The predicted octanol–water partition coefficient (Wildman–Crippen LogP) is 4.85. The summed E-state index contributed by atoms with van der Waals surface area (Å²) < 4.78 is 27.9. The van der Waals surface area contributed by atoms with Crippen LogP contribution in [0.25, 0.3) is 11.1 Å². The minimum Gasteiger partial charge on any atom is -0.578 e. The molecule has 3 aliphatic rings. The summed E-state index contributed by atoms with van der Waals surface area (Å²) in [5, 5.41) is 16.0. The summed E-state index contributed by atoms with van der Waals surface area (Å²) in [6.45, 7) is 11.7. The largest absolute Gasteiger partial charge is 0.578 e. The van der Waals surface area contributed by atoms with E-state index >= 15 is 5.21 Å². The molecule has 2 aromatic rings. The fourth-order valence-electron chi connectivity index (χ4n) is 6.58. The van der Waals surface area contributed by atoms with Crippen molar-refractivity contribution < 1.29 is 76.5 Å². The molecule has 0 saturated carbocycles. The summed E-state index contributed by atoms with van der Waals surface area (Å²) >= 11 is 0. The third-order valence-corrected chi connectivity index (χ3v) is 9.39. The van der Waals surface area contributed by atoms with E-state index in [0.717, 1.165) is 39.8 Å². The zero-order valence-corrected chi connectivity index (χ0v) is 33.0. The molecule has 0 fully saturated rings. The van der Waals surface area contributed by atoms with Crippen LogP contribution in [0.1, 0.15) is 86.3 Å². The second-order valence-electron chi connectivity index (χ2n) is 13.6. The normalized spacial score (nSPS) is 21.2. The number of benzene rings is 2. The fourth-order valence-corrected chi connectivity index (χ4v) is 6.58. The van der Waals surface area contributed by atoms with Crippen LogP contribution in [0, 0.1) is 17.0 Å². The van der Waals surface area contributed by atoms with Gasteiger partial charge < -0.3 is 33.7 Å². The molecule has 0 radical (unpaired) electrons. The number of quaternary nitrogens is 1. The molecular weight excluding hydrogens is 764 g/mol. The highest BCUT2D eigenvalue weighted by Gasteiger charge is 2.73. The molecule has 0 bridgehead atoms. The predicted molar refractivity (Wildman–Crippen MR) is 196 cm³/mol. The van der Waals surface area contributed by atoms with Crippen molar-refractivity contribution in [1.82, 2.24) is 5.06 Å². The maximum atomic E-state index is 15.4. The summed E-state index contributed by atoms with van der Waals surface area (Å²) in [6, 6.07) is 8.77. The van der Waals surface area contributed by atoms with Gasteiger partial charge in [-0.2, -0.15) is 0 Å². The lowest BCUT2D eigenvalue weighted by atomic mass is 9.85. The molecule has 58 heavy (non-hydrogen) atoms. The Hall–Kier alpha value is -6.66. The first-order valence-electron chi connectivity index (χ1n) is 18.0. The molecule has 0 spiro atoms. The first-order chi connectivity index (χ1) is 27.2. The van der Waals surface area contributed by atoms with Crippen LogP contribution in [0.2, 0.25) is 0 Å². The van der Waals surface area contributed by atoms with E-state index in [0.29, 0.717) is 5.06 Å². The van der Waals surface area contributed by atoms with Crippen molar-refractivity contribution in [2.75, 3.05) is 0 Å². The molecule has 0 N–H and O–H groups in total. The van der Waals surface area contributed by atoms with Crippen LogP contribution in [0.5, 0.6) is 17.2 Å². The van der Waals surface area contributed by atoms with Crippen molar-refractivity contribution in [3.8, 4) is 17.2 Å². The van der Waals surface area contributed by atoms with Crippen LogP contribution in [0.15, 0.2) is 65.6 Å². The number of ether oxygens (including phenoxy) is 5. The van der Waals surface area contributed by atoms with Crippen molar-refractivity contribution in [2.24, 2.45) is 11.8 Å². The highest BCUT2D eigenvalue weighted by molar-refractivity contribution is 6.67. The average molecular weight is 805 g/mol. The Balaban J connectivity index is 1.80. The van der Waals surface area contributed by atoms with E-state index in [1.807, 2.05) is 0 Å². The van der Waals surface area contributed by atoms with Gasteiger partial charge in [-0.1, -0.05) is 44.6 Å². The number of fused-ring (bicyclic) bond motifs is 2. The second-order valence-corrected chi connectivity index (χ2v) is 13.6. The minimum atomic E-state index is -2.72. The summed E-state index contributed by atoms with van der Waals surface area (Å²) in [6.07, 6.45) is 0.349. The Morgan fingerprint density at radius 2 is 1.22 bits per heavy atom. The van der Waals surface area contributed by atoms with E-state index in [2.05, 4.69) is 0 Å². The number of rotatable bonds is 11. The molecule has 0 saturated heterocycles. The number of nitrogens with zero attached hydrogens (tertiary/aromatic N) is 2. The van der Waals surface area contributed by atoms with Gasteiger partial charge in [-0.3, -0.25) is 38.4 Å². The lowest BCUT2D eigenvalue weighted by molar-refractivity contribution is -1.08. The van der Waals surface area contributed by atoms with Crippen molar-refractivity contribution in [3.63, 3.8) is 0 Å². The third-order valence-electron chi connectivity index (χ3n) is 9.39. The van der Waals surface area contributed by atoms with Gasteiger partial charge in [0, 0.05) is 40.5 Å². The van der Waals surface area contributed by atoms with Gasteiger partial charge in [-0.15, -0.1) is 5.06 Å². The van der Waals surface area contributed by atoms with E-state index in [9.17, 15) is 38.4 Å². The van der Waals surface area contributed by atoms with Gasteiger partial charge in [-0.05, 0) is 54.3 Å². The molecule has 2 aromatic carbocycles. The van der Waals surface area contributed by atoms with Crippen molar-refractivity contribution >= 4 is 58.5 Å². The number of hydrogen-bond donors (Lipinski definition) is 0. The molecule has 1 amide bonds. The van der Waals surface area contributed by atoms with Crippen molar-refractivity contribution in [2.45, 2.75) is 80.9 Å². The van der Waals surface area contributed by atoms with Crippen LogP contribution >= 0.6 is 0 Å². The Labute approximate surface area is 331 Å². The summed E-state index contributed by atoms with van der Waals surface area (Å²) in [5.74, 6) is -12.5. The molecule has 1 aliphatic carbocycles. The van der Waals surface area contributed by atoms with Gasteiger partial charge in [-0.25, -0.2) is 4.79 Å². The Morgan fingerprint density at radius 1 is 0.707 bits per heavy atom. The zero-order chi connectivity index (χ0) is 43.0. The van der Waals surface area contributed by atoms with Gasteiger partial charge in [0.15, 0.2) is 23.0 Å². The Morgan fingerprint density at radius 3 is 1.71 bits per heavy atom. The lowest BCUT2D eigenvalue weighted by Crippen LogP contribution is -2.78. The first-order valence-corrected chi connectivity index (χ1v) is 18.0. The summed E-state index contributed by atoms with van der Waals surface area (Å²) in [5.41, 5.74) is -4.18. The van der Waals surface area contributed by atoms with E-state index in [1.54, 1.807) is 20.8 Å². The fraction of sp³-hybridized carbons (Fsp3) is 0.350. The number of hydrogen-bond acceptors (Lipinski definition) is 16. The standard InChI is InChI=1S/C40H40N2O16/c1-10-19(3)33-38(55-24(8)46)42(51)40(20(4)11-2,39(50)41(33)57-25(9)47)56-30-18-27(14-17-29(30)58-42)32-35(49)34(48)31(26-12-15-28(16-13-26)52-21(5)43)36(53-22(6)44)37(32)54-23(7)45/h12-20H,10-11H2,1-9H3/t19-,20-,40+,42+/m0/s1.